The number of carbonyl (C=O) groups is 1. The van der Waals surface area contributed by atoms with Crippen LogP contribution in [0.1, 0.15) is 34.8 Å². The third-order valence-electron chi connectivity index (χ3n) is 3.16. The predicted octanol–water partition coefficient (Wildman–Crippen LogP) is 4.64. The first-order chi connectivity index (χ1) is 9.65. The molecule has 3 heteroatoms. The molecule has 0 bridgehead atoms. The summed E-state index contributed by atoms with van der Waals surface area (Å²) >= 11 is 3.38. The number of methoxy groups -OCH3 is 1. The number of rotatable bonds is 5. The van der Waals surface area contributed by atoms with Gasteiger partial charge in [0.15, 0.2) is 5.78 Å². The lowest BCUT2D eigenvalue weighted by atomic mass is 10.0. The zero-order chi connectivity index (χ0) is 14.5. The first kappa shape index (κ1) is 14.8. The van der Waals surface area contributed by atoms with Crippen LogP contribution in [0, 0.1) is 0 Å². The van der Waals surface area contributed by atoms with Crippen LogP contribution >= 0.6 is 15.9 Å². The van der Waals surface area contributed by atoms with E-state index in [9.17, 15) is 4.79 Å². The number of halogens is 1. The predicted molar refractivity (Wildman–Crippen MR) is 84.6 cm³/mol. The van der Waals surface area contributed by atoms with Crippen LogP contribution in [0.2, 0.25) is 0 Å². The average molecular weight is 333 g/mol. The number of aryl methyl sites for hydroxylation is 1. The van der Waals surface area contributed by atoms with E-state index < -0.39 is 0 Å². The molecule has 0 aromatic heterocycles. The van der Waals surface area contributed by atoms with Crippen LogP contribution < -0.4 is 4.74 Å². The normalized spacial score (nSPS) is 10.3. The van der Waals surface area contributed by atoms with Gasteiger partial charge < -0.3 is 4.74 Å². The van der Waals surface area contributed by atoms with Gasteiger partial charge in [-0.25, -0.2) is 0 Å². The second-order valence-corrected chi connectivity index (χ2v) is 5.54. The Kier molecular flexibility index (Phi) is 4.96. The molecule has 2 aromatic carbocycles. The maximum atomic E-state index is 12.5. The molecule has 0 aliphatic carbocycles. The second kappa shape index (κ2) is 6.71. The van der Waals surface area contributed by atoms with Gasteiger partial charge in [-0.2, -0.15) is 0 Å². The lowest BCUT2D eigenvalue weighted by Crippen LogP contribution is -2.04. The fourth-order valence-electron chi connectivity index (χ4n) is 2.12. The van der Waals surface area contributed by atoms with Gasteiger partial charge in [-0.05, 0) is 30.2 Å². The van der Waals surface area contributed by atoms with Gasteiger partial charge in [0.05, 0.1) is 12.7 Å². The van der Waals surface area contributed by atoms with Crippen LogP contribution in [-0.4, -0.2) is 12.9 Å². The molecule has 2 aromatic rings. The summed E-state index contributed by atoms with van der Waals surface area (Å²) in [5, 5.41) is 0. The lowest BCUT2D eigenvalue weighted by molar-refractivity contribution is 0.103. The number of ketones is 1. The van der Waals surface area contributed by atoms with Gasteiger partial charge in [0, 0.05) is 10.0 Å². The Morgan fingerprint density at radius 3 is 2.45 bits per heavy atom. The Hall–Kier alpha value is -1.61. The van der Waals surface area contributed by atoms with Crippen LogP contribution in [0.15, 0.2) is 46.9 Å². The molecular weight excluding hydrogens is 316 g/mol. The van der Waals surface area contributed by atoms with Gasteiger partial charge in [-0.3, -0.25) is 4.79 Å². The standard InChI is InChI=1S/C17H17BrO2/c1-3-4-12-5-7-13(8-6-12)17(19)15-10-9-14(18)11-16(15)20-2/h5-11H,3-4H2,1-2H3. The third-order valence-corrected chi connectivity index (χ3v) is 3.66. The van der Waals surface area contributed by atoms with Crippen molar-refractivity contribution >= 4 is 21.7 Å². The minimum absolute atomic E-state index is 0.0163. The summed E-state index contributed by atoms with van der Waals surface area (Å²) in [5.74, 6) is 0.569. The van der Waals surface area contributed by atoms with Gasteiger partial charge >= 0.3 is 0 Å². The van der Waals surface area contributed by atoms with Crippen molar-refractivity contribution in [3.8, 4) is 5.75 Å². The average Bonchev–Trinajstić information content (AvgIpc) is 2.47. The summed E-state index contributed by atoms with van der Waals surface area (Å²) in [7, 11) is 1.57. The molecule has 0 amide bonds. The molecule has 0 unspecified atom stereocenters. The molecular formula is C17H17BrO2. The second-order valence-electron chi connectivity index (χ2n) is 4.62. The number of ether oxygens (including phenoxy) is 1. The Morgan fingerprint density at radius 2 is 1.85 bits per heavy atom. The molecule has 20 heavy (non-hydrogen) atoms. The summed E-state index contributed by atoms with van der Waals surface area (Å²) in [4.78, 5) is 12.5. The molecule has 2 rings (SSSR count). The van der Waals surface area contributed by atoms with E-state index in [2.05, 4.69) is 22.9 Å². The summed E-state index contributed by atoms with van der Waals surface area (Å²) in [6.45, 7) is 2.14. The van der Waals surface area contributed by atoms with Crippen molar-refractivity contribution in [2.75, 3.05) is 7.11 Å². The molecule has 0 aliphatic heterocycles. The molecule has 0 fully saturated rings. The van der Waals surface area contributed by atoms with E-state index in [1.165, 1.54) is 5.56 Å². The fourth-order valence-corrected chi connectivity index (χ4v) is 2.46. The van der Waals surface area contributed by atoms with E-state index in [-0.39, 0.29) is 5.78 Å². The number of benzene rings is 2. The highest BCUT2D eigenvalue weighted by Crippen LogP contribution is 2.26. The topological polar surface area (TPSA) is 26.3 Å². The molecule has 0 aliphatic rings. The molecule has 104 valence electrons. The molecule has 0 saturated heterocycles. The minimum Gasteiger partial charge on any atom is -0.496 e. The fraction of sp³-hybridized carbons (Fsp3) is 0.235. The highest BCUT2D eigenvalue weighted by atomic mass is 79.9. The maximum absolute atomic E-state index is 12.5. The summed E-state index contributed by atoms with van der Waals surface area (Å²) in [6.07, 6.45) is 2.14. The van der Waals surface area contributed by atoms with E-state index in [1.807, 2.05) is 30.3 Å². The highest BCUT2D eigenvalue weighted by Gasteiger charge is 2.14. The molecule has 0 N–H and O–H groups in total. The first-order valence-corrected chi connectivity index (χ1v) is 7.42. The van der Waals surface area contributed by atoms with E-state index in [4.69, 9.17) is 4.74 Å². The number of hydrogen-bond donors (Lipinski definition) is 0. The maximum Gasteiger partial charge on any atom is 0.196 e. The van der Waals surface area contributed by atoms with Gasteiger partial charge in [-0.1, -0.05) is 53.5 Å². The van der Waals surface area contributed by atoms with Crippen molar-refractivity contribution in [2.24, 2.45) is 0 Å². The van der Waals surface area contributed by atoms with Gasteiger partial charge in [0.25, 0.3) is 0 Å². The van der Waals surface area contributed by atoms with Crippen LogP contribution in [0.5, 0.6) is 5.75 Å². The summed E-state index contributed by atoms with van der Waals surface area (Å²) < 4.78 is 6.17. The van der Waals surface area contributed by atoms with Gasteiger partial charge in [-0.15, -0.1) is 0 Å². The largest absolute Gasteiger partial charge is 0.496 e. The summed E-state index contributed by atoms with van der Waals surface area (Å²) in [6, 6.07) is 13.2. The van der Waals surface area contributed by atoms with Crippen LogP contribution in [0.3, 0.4) is 0 Å². The van der Waals surface area contributed by atoms with Crippen molar-refractivity contribution in [2.45, 2.75) is 19.8 Å². The SMILES string of the molecule is CCCc1ccc(C(=O)c2ccc(Br)cc2OC)cc1. The smallest absolute Gasteiger partial charge is 0.196 e. The van der Waals surface area contributed by atoms with Crippen LogP contribution in [0.4, 0.5) is 0 Å². The zero-order valence-corrected chi connectivity index (χ0v) is 13.2. The molecule has 0 heterocycles. The Labute approximate surface area is 127 Å². The molecule has 0 atom stereocenters. The Balaban J connectivity index is 2.31. The minimum atomic E-state index is -0.0163. The molecule has 0 saturated carbocycles. The number of hydrogen-bond acceptors (Lipinski definition) is 2. The molecule has 0 spiro atoms. The van der Waals surface area contributed by atoms with E-state index in [0.29, 0.717) is 16.9 Å². The third kappa shape index (κ3) is 3.28. The molecule has 2 nitrogen and oxygen atoms in total. The Morgan fingerprint density at radius 1 is 1.15 bits per heavy atom. The van der Waals surface area contributed by atoms with Crippen LogP contribution in [0.25, 0.3) is 0 Å². The van der Waals surface area contributed by atoms with Crippen molar-refractivity contribution in [1.82, 2.24) is 0 Å². The lowest BCUT2D eigenvalue weighted by Gasteiger charge is -2.08. The van der Waals surface area contributed by atoms with E-state index in [0.717, 1.165) is 17.3 Å². The van der Waals surface area contributed by atoms with E-state index in [1.54, 1.807) is 19.2 Å². The van der Waals surface area contributed by atoms with Crippen molar-refractivity contribution in [3.05, 3.63) is 63.6 Å². The summed E-state index contributed by atoms with van der Waals surface area (Å²) in [5.41, 5.74) is 2.52. The quantitative estimate of drug-likeness (QED) is 0.745. The zero-order valence-electron chi connectivity index (χ0n) is 11.7. The van der Waals surface area contributed by atoms with Crippen molar-refractivity contribution < 1.29 is 9.53 Å². The highest BCUT2D eigenvalue weighted by molar-refractivity contribution is 9.10. The molecule has 0 radical (unpaired) electrons. The van der Waals surface area contributed by atoms with Gasteiger partial charge in [0.2, 0.25) is 0 Å². The van der Waals surface area contributed by atoms with Crippen molar-refractivity contribution in [3.63, 3.8) is 0 Å². The van der Waals surface area contributed by atoms with E-state index >= 15 is 0 Å². The first-order valence-electron chi connectivity index (χ1n) is 6.63. The van der Waals surface area contributed by atoms with Crippen molar-refractivity contribution in [1.29, 1.82) is 0 Å². The van der Waals surface area contributed by atoms with Crippen LogP contribution in [-0.2, 0) is 6.42 Å². The van der Waals surface area contributed by atoms with Gasteiger partial charge in [0.1, 0.15) is 5.75 Å². The number of carbonyl (C=O) groups excluding carboxylic acids is 1. The Bertz CT molecular complexity index is 603. The monoisotopic (exact) mass is 332 g/mol.